The fraction of sp³-hybridized carbons (Fsp3) is 0.136. The van der Waals surface area contributed by atoms with Crippen molar-refractivity contribution in [1.29, 1.82) is 0 Å². The standard InChI is InChI=1S/C22H20N4O5S/c23-31-32(27,28)15-20-19(4-3-11-24-20)21-13-18(26-30-21)12-16-6-8-17(9-7-16)14-29-22-5-1-2-10-25-22/h1-11,13H,12,14-15,23H2. The second-order valence-corrected chi connectivity index (χ2v) is 8.52. The van der Waals surface area contributed by atoms with Crippen LogP contribution in [0.2, 0.25) is 0 Å². The van der Waals surface area contributed by atoms with Gasteiger partial charge in [0.05, 0.1) is 11.4 Å². The van der Waals surface area contributed by atoms with Crippen LogP contribution in [0.4, 0.5) is 0 Å². The number of aromatic nitrogens is 3. The van der Waals surface area contributed by atoms with Crippen molar-refractivity contribution in [2.75, 3.05) is 0 Å². The lowest BCUT2D eigenvalue weighted by atomic mass is 10.1. The topological polar surface area (TPSA) is 130 Å². The summed E-state index contributed by atoms with van der Waals surface area (Å²) in [6.07, 6.45) is 3.72. The van der Waals surface area contributed by atoms with E-state index < -0.39 is 15.9 Å². The zero-order chi connectivity index (χ0) is 22.4. The molecule has 0 bridgehead atoms. The van der Waals surface area contributed by atoms with Gasteiger partial charge in [0.25, 0.3) is 10.1 Å². The number of rotatable bonds is 9. The smallest absolute Gasteiger partial charge is 0.288 e. The van der Waals surface area contributed by atoms with Crippen molar-refractivity contribution in [3.63, 3.8) is 0 Å². The van der Waals surface area contributed by atoms with Crippen LogP contribution in [0.5, 0.6) is 5.88 Å². The maximum atomic E-state index is 11.7. The molecule has 4 rings (SSSR count). The zero-order valence-corrected chi connectivity index (χ0v) is 17.7. The summed E-state index contributed by atoms with van der Waals surface area (Å²) in [7, 11) is -3.93. The minimum atomic E-state index is -3.93. The average Bonchev–Trinajstić information content (AvgIpc) is 3.28. The van der Waals surface area contributed by atoms with Crippen LogP contribution >= 0.6 is 0 Å². The molecule has 2 N–H and O–H groups in total. The predicted molar refractivity (Wildman–Crippen MR) is 115 cm³/mol. The monoisotopic (exact) mass is 452 g/mol. The molecule has 0 radical (unpaired) electrons. The number of benzene rings is 1. The van der Waals surface area contributed by atoms with Crippen LogP contribution in [0.3, 0.4) is 0 Å². The highest BCUT2D eigenvalue weighted by Gasteiger charge is 2.19. The first-order valence-electron chi connectivity index (χ1n) is 9.65. The Morgan fingerprint density at radius 1 is 0.938 bits per heavy atom. The SMILES string of the molecule is NOS(=O)(=O)Cc1ncccc1-c1cc(Cc2ccc(COc3ccccn3)cc2)no1. The Kier molecular flexibility index (Phi) is 6.55. The molecule has 0 amide bonds. The summed E-state index contributed by atoms with van der Waals surface area (Å²) < 4.78 is 38.5. The molecule has 0 atom stereocenters. The fourth-order valence-corrected chi connectivity index (χ4v) is 3.69. The Balaban J connectivity index is 1.43. The molecule has 32 heavy (non-hydrogen) atoms. The molecule has 0 saturated heterocycles. The molecule has 3 aromatic heterocycles. The van der Waals surface area contributed by atoms with Gasteiger partial charge in [0.1, 0.15) is 12.4 Å². The Labute approximate surface area is 184 Å². The third kappa shape index (κ3) is 5.55. The van der Waals surface area contributed by atoms with E-state index in [0.717, 1.165) is 11.1 Å². The van der Waals surface area contributed by atoms with Crippen LogP contribution < -0.4 is 10.6 Å². The highest BCUT2D eigenvalue weighted by molar-refractivity contribution is 7.85. The summed E-state index contributed by atoms with van der Waals surface area (Å²) >= 11 is 0. The molecule has 9 nitrogen and oxygen atoms in total. The summed E-state index contributed by atoms with van der Waals surface area (Å²) in [6, 6.07) is 18.6. The van der Waals surface area contributed by atoms with Gasteiger partial charge >= 0.3 is 0 Å². The Hall–Kier alpha value is -3.60. The Morgan fingerprint density at radius 3 is 2.47 bits per heavy atom. The second kappa shape index (κ2) is 9.69. The number of pyridine rings is 2. The minimum absolute atomic E-state index is 0.262. The first kappa shape index (κ1) is 21.6. The molecule has 0 saturated carbocycles. The molecule has 0 unspecified atom stereocenters. The average molecular weight is 452 g/mol. The lowest BCUT2D eigenvalue weighted by Gasteiger charge is -2.06. The maximum absolute atomic E-state index is 11.7. The van der Waals surface area contributed by atoms with Crippen LogP contribution in [0, 0.1) is 0 Å². The Morgan fingerprint density at radius 2 is 1.72 bits per heavy atom. The zero-order valence-electron chi connectivity index (χ0n) is 16.9. The summed E-state index contributed by atoms with van der Waals surface area (Å²) in [4.78, 5) is 8.24. The van der Waals surface area contributed by atoms with Gasteiger partial charge in [0.15, 0.2) is 5.76 Å². The fourth-order valence-electron chi connectivity index (χ4n) is 3.05. The quantitative estimate of drug-likeness (QED) is 0.381. The number of ether oxygens (including phenoxy) is 1. The summed E-state index contributed by atoms with van der Waals surface area (Å²) in [5, 5.41) is 4.10. The molecule has 164 valence electrons. The normalized spacial score (nSPS) is 11.4. The van der Waals surface area contributed by atoms with Crippen molar-refractivity contribution >= 4 is 10.1 Å². The first-order chi connectivity index (χ1) is 15.5. The van der Waals surface area contributed by atoms with Crippen molar-refractivity contribution in [1.82, 2.24) is 15.1 Å². The van der Waals surface area contributed by atoms with Gasteiger partial charge in [0.2, 0.25) is 5.88 Å². The third-order valence-electron chi connectivity index (χ3n) is 4.61. The summed E-state index contributed by atoms with van der Waals surface area (Å²) in [5.41, 5.74) is 3.53. The van der Waals surface area contributed by atoms with E-state index in [-0.39, 0.29) is 5.69 Å². The van der Waals surface area contributed by atoms with Gasteiger partial charge < -0.3 is 9.26 Å². The van der Waals surface area contributed by atoms with Gasteiger partial charge in [-0.1, -0.05) is 35.5 Å². The number of hydrogen-bond donors (Lipinski definition) is 1. The van der Waals surface area contributed by atoms with Crippen molar-refractivity contribution in [2.45, 2.75) is 18.8 Å². The molecule has 10 heteroatoms. The summed E-state index contributed by atoms with van der Waals surface area (Å²) in [5.74, 6) is 5.34. The van der Waals surface area contributed by atoms with Crippen LogP contribution in [0.15, 0.2) is 77.6 Å². The predicted octanol–water partition coefficient (Wildman–Crippen LogP) is 3.02. The largest absolute Gasteiger partial charge is 0.473 e. The van der Waals surface area contributed by atoms with E-state index in [1.54, 1.807) is 24.4 Å². The maximum Gasteiger partial charge on any atom is 0.288 e. The molecular weight excluding hydrogens is 432 g/mol. The van der Waals surface area contributed by atoms with E-state index in [1.807, 2.05) is 42.5 Å². The molecule has 0 aliphatic carbocycles. The molecule has 0 spiro atoms. The van der Waals surface area contributed by atoms with Crippen molar-refractivity contribution < 1.29 is 22.0 Å². The van der Waals surface area contributed by atoms with E-state index >= 15 is 0 Å². The first-order valence-corrected chi connectivity index (χ1v) is 11.2. The Bertz CT molecular complexity index is 1280. The van der Waals surface area contributed by atoms with Crippen LogP contribution in [-0.4, -0.2) is 23.5 Å². The van der Waals surface area contributed by atoms with Gasteiger partial charge in [-0.15, -0.1) is 0 Å². The van der Waals surface area contributed by atoms with Gasteiger partial charge in [-0.25, -0.2) is 4.98 Å². The van der Waals surface area contributed by atoms with Crippen molar-refractivity contribution in [2.24, 2.45) is 5.90 Å². The van der Waals surface area contributed by atoms with Crippen LogP contribution in [0.1, 0.15) is 22.5 Å². The van der Waals surface area contributed by atoms with Crippen LogP contribution in [0.25, 0.3) is 11.3 Å². The van der Waals surface area contributed by atoms with E-state index in [0.29, 0.717) is 35.9 Å². The number of hydrogen-bond acceptors (Lipinski definition) is 9. The lowest BCUT2D eigenvalue weighted by Crippen LogP contribution is -2.14. The number of nitrogens with zero attached hydrogens (tertiary/aromatic N) is 3. The molecular formula is C22H20N4O5S. The highest BCUT2D eigenvalue weighted by atomic mass is 32.2. The second-order valence-electron chi connectivity index (χ2n) is 6.93. The van der Waals surface area contributed by atoms with Gasteiger partial charge in [0, 0.05) is 36.5 Å². The molecule has 3 heterocycles. The number of nitrogens with two attached hydrogens (primary N) is 1. The molecule has 0 fully saturated rings. The van der Waals surface area contributed by atoms with Gasteiger partial charge in [-0.05, 0) is 29.3 Å². The minimum Gasteiger partial charge on any atom is -0.473 e. The van der Waals surface area contributed by atoms with E-state index in [4.69, 9.17) is 15.2 Å². The van der Waals surface area contributed by atoms with Crippen molar-refractivity contribution in [3.05, 3.63) is 95.6 Å². The van der Waals surface area contributed by atoms with Gasteiger partial charge in [-0.2, -0.15) is 18.6 Å². The molecule has 0 aliphatic rings. The van der Waals surface area contributed by atoms with Crippen LogP contribution in [-0.2, 0) is 33.2 Å². The third-order valence-corrected chi connectivity index (χ3v) is 5.53. The lowest BCUT2D eigenvalue weighted by molar-refractivity contribution is 0.294. The molecule has 1 aromatic carbocycles. The van der Waals surface area contributed by atoms with E-state index in [2.05, 4.69) is 19.4 Å². The van der Waals surface area contributed by atoms with E-state index in [9.17, 15) is 8.42 Å². The molecule has 4 aromatic rings. The highest BCUT2D eigenvalue weighted by Crippen LogP contribution is 2.25. The van der Waals surface area contributed by atoms with Crippen molar-refractivity contribution in [3.8, 4) is 17.2 Å². The van der Waals surface area contributed by atoms with E-state index in [1.165, 1.54) is 6.20 Å². The van der Waals surface area contributed by atoms with Gasteiger partial charge in [-0.3, -0.25) is 4.98 Å². The molecule has 0 aliphatic heterocycles. The summed E-state index contributed by atoms with van der Waals surface area (Å²) in [6.45, 7) is 0.421.